The standard InChI is InChI=1S/C12H15NO3/c1-2-15-10-16-12-7-11(8-13-9-12)5-3-4-6-14/h7-9,14H,2,4,6,10H2,1H3. The summed E-state index contributed by atoms with van der Waals surface area (Å²) in [5.74, 6) is 6.33. The van der Waals surface area contributed by atoms with Crippen LogP contribution in [0.2, 0.25) is 0 Å². The predicted octanol–water partition coefficient (Wildman–Crippen LogP) is 1.19. The van der Waals surface area contributed by atoms with Crippen LogP contribution in [0, 0.1) is 11.8 Å². The Morgan fingerprint density at radius 3 is 3.06 bits per heavy atom. The third-order valence-corrected chi connectivity index (χ3v) is 1.70. The third-order valence-electron chi connectivity index (χ3n) is 1.70. The van der Waals surface area contributed by atoms with Crippen molar-refractivity contribution in [3.05, 3.63) is 24.0 Å². The first-order chi connectivity index (χ1) is 7.86. The Hall–Kier alpha value is -1.57. The van der Waals surface area contributed by atoms with E-state index in [1.807, 2.05) is 6.92 Å². The molecule has 0 bridgehead atoms. The van der Waals surface area contributed by atoms with E-state index in [2.05, 4.69) is 16.8 Å². The first kappa shape index (κ1) is 12.5. The molecule has 4 nitrogen and oxygen atoms in total. The van der Waals surface area contributed by atoms with Crippen LogP contribution in [0.15, 0.2) is 18.5 Å². The molecular formula is C12H15NO3. The fraction of sp³-hybridized carbons (Fsp3) is 0.417. The highest BCUT2D eigenvalue weighted by atomic mass is 16.7. The highest BCUT2D eigenvalue weighted by Crippen LogP contribution is 2.10. The van der Waals surface area contributed by atoms with Crippen LogP contribution in [0.5, 0.6) is 5.75 Å². The van der Waals surface area contributed by atoms with Crippen LogP contribution in [0.4, 0.5) is 0 Å². The van der Waals surface area contributed by atoms with Gasteiger partial charge in [-0.1, -0.05) is 11.8 Å². The number of aliphatic hydroxyl groups is 1. The lowest BCUT2D eigenvalue weighted by molar-refractivity contribution is 0.0222. The molecule has 1 aromatic heterocycles. The van der Waals surface area contributed by atoms with Crippen LogP contribution in [0.1, 0.15) is 18.9 Å². The van der Waals surface area contributed by atoms with Crippen molar-refractivity contribution in [1.29, 1.82) is 0 Å². The summed E-state index contributed by atoms with van der Waals surface area (Å²) >= 11 is 0. The molecule has 1 heterocycles. The van der Waals surface area contributed by atoms with Crippen LogP contribution in [0.25, 0.3) is 0 Å². The minimum Gasteiger partial charge on any atom is -0.466 e. The Morgan fingerprint density at radius 2 is 2.31 bits per heavy atom. The number of rotatable bonds is 5. The molecule has 0 saturated carbocycles. The Bertz CT molecular complexity index is 368. The van der Waals surface area contributed by atoms with Crippen molar-refractivity contribution in [2.45, 2.75) is 13.3 Å². The topological polar surface area (TPSA) is 51.6 Å². The van der Waals surface area contributed by atoms with Gasteiger partial charge >= 0.3 is 0 Å². The lowest BCUT2D eigenvalue weighted by Gasteiger charge is -2.04. The van der Waals surface area contributed by atoms with Gasteiger partial charge in [0.25, 0.3) is 0 Å². The van der Waals surface area contributed by atoms with E-state index >= 15 is 0 Å². The average Bonchev–Trinajstić information content (AvgIpc) is 2.30. The first-order valence-electron chi connectivity index (χ1n) is 5.12. The number of hydrogen-bond acceptors (Lipinski definition) is 4. The SMILES string of the molecule is CCOCOc1cncc(C#CCCO)c1. The molecule has 0 spiro atoms. The summed E-state index contributed by atoms with van der Waals surface area (Å²) in [7, 11) is 0. The first-order valence-corrected chi connectivity index (χ1v) is 5.12. The molecule has 0 aliphatic carbocycles. The van der Waals surface area contributed by atoms with E-state index in [0.29, 0.717) is 18.8 Å². The second-order valence-corrected chi connectivity index (χ2v) is 2.94. The molecule has 0 amide bonds. The number of aliphatic hydroxyl groups excluding tert-OH is 1. The molecule has 0 aliphatic heterocycles. The summed E-state index contributed by atoms with van der Waals surface area (Å²) < 4.78 is 10.3. The molecule has 0 aliphatic rings. The Morgan fingerprint density at radius 1 is 1.44 bits per heavy atom. The Balaban J connectivity index is 2.54. The summed E-state index contributed by atoms with van der Waals surface area (Å²) in [6.07, 6.45) is 3.72. The summed E-state index contributed by atoms with van der Waals surface area (Å²) in [5, 5.41) is 8.58. The van der Waals surface area contributed by atoms with Crippen molar-refractivity contribution < 1.29 is 14.6 Å². The van der Waals surface area contributed by atoms with Crippen molar-refractivity contribution in [3.63, 3.8) is 0 Å². The van der Waals surface area contributed by atoms with Gasteiger partial charge in [0.2, 0.25) is 0 Å². The van der Waals surface area contributed by atoms with Crippen molar-refractivity contribution in [3.8, 4) is 17.6 Å². The Labute approximate surface area is 95.2 Å². The third kappa shape index (κ3) is 4.78. The minimum absolute atomic E-state index is 0.0704. The maximum atomic E-state index is 8.58. The van der Waals surface area contributed by atoms with Crippen LogP contribution < -0.4 is 4.74 Å². The monoisotopic (exact) mass is 221 g/mol. The van der Waals surface area contributed by atoms with Gasteiger partial charge in [-0.15, -0.1) is 0 Å². The molecule has 0 atom stereocenters. The van der Waals surface area contributed by atoms with E-state index in [9.17, 15) is 0 Å². The molecule has 86 valence electrons. The van der Waals surface area contributed by atoms with Crippen LogP contribution >= 0.6 is 0 Å². The van der Waals surface area contributed by atoms with Gasteiger partial charge in [0.05, 0.1) is 12.8 Å². The van der Waals surface area contributed by atoms with E-state index < -0.39 is 0 Å². The molecule has 0 fully saturated rings. The summed E-state index contributed by atoms with van der Waals surface area (Å²) in [6, 6.07) is 1.79. The molecule has 16 heavy (non-hydrogen) atoms. The smallest absolute Gasteiger partial charge is 0.189 e. The average molecular weight is 221 g/mol. The molecular weight excluding hydrogens is 206 g/mol. The second kappa shape index (κ2) is 7.69. The number of pyridine rings is 1. The van der Waals surface area contributed by atoms with Crippen molar-refractivity contribution in [1.82, 2.24) is 4.98 Å². The second-order valence-electron chi connectivity index (χ2n) is 2.94. The van der Waals surface area contributed by atoms with Crippen LogP contribution in [-0.2, 0) is 4.74 Å². The highest BCUT2D eigenvalue weighted by molar-refractivity contribution is 5.36. The van der Waals surface area contributed by atoms with Gasteiger partial charge in [0.1, 0.15) is 5.75 Å². The quantitative estimate of drug-likeness (QED) is 0.461. The fourth-order valence-corrected chi connectivity index (χ4v) is 0.980. The molecule has 0 unspecified atom stereocenters. The van der Waals surface area contributed by atoms with Gasteiger partial charge in [-0.2, -0.15) is 0 Å². The van der Waals surface area contributed by atoms with Gasteiger partial charge in [-0.25, -0.2) is 0 Å². The lowest BCUT2D eigenvalue weighted by atomic mass is 10.2. The largest absolute Gasteiger partial charge is 0.466 e. The maximum absolute atomic E-state index is 8.58. The van der Waals surface area contributed by atoms with Crippen LogP contribution in [0.3, 0.4) is 0 Å². The number of aromatic nitrogens is 1. The van der Waals surface area contributed by atoms with Gasteiger partial charge in [0.15, 0.2) is 6.79 Å². The lowest BCUT2D eigenvalue weighted by Crippen LogP contribution is -2.02. The van der Waals surface area contributed by atoms with E-state index in [0.717, 1.165) is 5.56 Å². The van der Waals surface area contributed by atoms with Crippen LogP contribution in [-0.4, -0.2) is 30.1 Å². The van der Waals surface area contributed by atoms with E-state index in [-0.39, 0.29) is 13.4 Å². The normalized spacial score (nSPS) is 9.38. The summed E-state index contributed by atoms with van der Waals surface area (Å²) in [6.45, 7) is 2.80. The highest BCUT2D eigenvalue weighted by Gasteiger charge is 1.95. The van der Waals surface area contributed by atoms with E-state index in [1.165, 1.54) is 0 Å². The number of hydrogen-bond donors (Lipinski definition) is 1. The molecule has 1 N–H and O–H groups in total. The van der Waals surface area contributed by atoms with E-state index in [4.69, 9.17) is 14.6 Å². The number of nitrogens with zero attached hydrogens (tertiary/aromatic N) is 1. The molecule has 0 saturated heterocycles. The van der Waals surface area contributed by atoms with Gasteiger partial charge in [-0.3, -0.25) is 4.98 Å². The van der Waals surface area contributed by atoms with Crippen molar-refractivity contribution in [2.75, 3.05) is 20.0 Å². The molecule has 0 radical (unpaired) electrons. The van der Waals surface area contributed by atoms with Gasteiger partial charge < -0.3 is 14.6 Å². The van der Waals surface area contributed by atoms with E-state index in [1.54, 1.807) is 18.5 Å². The summed E-state index contributed by atoms with van der Waals surface area (Å²) in [4.78, 5) is 4.00. The maximum Gasteiger partial charge on any atom is 0.189 e. The zero-order valence-corrected chi connectivity index (χ0v) is 9.27. The zero-order valence-electron chi connectivity index (χ0n) is 9.27. The molecule has 4 heteroatoms. The van der Waals surface area contributed by atoms with Gasteiger partial charge in [0, 0.05) is 24.8 Å². The summed E-state index contributed by atoms with van der Waals surface area (Å²) in [5.41, 5.74) is 0.766. The zero-order chi connectivity index (χ0) is 11.6. The van der Waals surface area contributed by atoms with Crippen molar-refractivity contribution in [2.24, 2.45) is 0 Å². The fourth-order valence-electron chi connectivity index (χ4n) is 0.980. The molecule has 0 aromatic carbocycles. The Kier molecular flexibility index (Phi) is 6.00. The van der Waals surface area contributed by atoms with Crippen molar-refractivity contribution >= 4 is 0 Å². The molecule has 1 aromatic rings. The minimum atomic E-state index is 0.0704. The molecule has 1 rings (SSSR count). The predicted molar refractivity (Wildman–Crippen MR) is 59.9 cm³/mol. The number of ether oxygens (including phenoxy) is 2. The van der Waals surface area contributed by atoms with Gasteiger partial charge in [-0.05, 0) is 13.0 Å².